The van der Waals surface area contributed by atoms with Gasteiger partial charge in [0.15, 0.2) is 0 Å². The Bertz CT molecular complexity index is 536. The highest BCUT2D eigenvalue weighted by Gasteiger charge is 2.12. The van der Waals surface area contributed by atoms with Gasteiger partial charge in [-0.05, 0) is 38.1 Å². The first-order chi connectivity index (χ1) is 8.84. The molecule has 4 nitrogen and oxygen atoms in total. The molecule has 6 heteroatoms. The fraction of sp³-hybridized carbons (Fsp3) is 0.500. The molecule has 2 heterocycles. The average molecular weight is 283 g/mol. The molecule has 96 valence electrons. The van der Waals surface area contributed by atoms with E-state index in [1.54, 1.807) is 0 Å². The van der Waals surface area contributed by atoms with Crippen LogP contribution in [0.15, 0.2) is 12.1 Å². The summed E-state index contributed by atoms with van der Waals surface area (Å²) >= 11 is 7.44. The lowest BCUT2D eigenvalue weighted by Gasteiger charge is -2.15. The molecule has 1 fully saturated rings. The Kier molecular flexibility index (Phi) is 3.63. The first-order valence-corrected chi connectivity index (χ1v) is 7.32. The second kappa shape index (κ2) is 5.38. The van der Waals surface area contributed by atoms with Crippen molar-refractivity contribution < 1.29 is 0 Å². The fourth-order valence-electron chi connectivity index (χ4n) is 2.34. The molecule has 1 aromatic heterocycles. The Labute approximate surface area is 115 Å². The van der Waals surface area contributed by atoms with E-state index >= 15 is 0 Å². The van der Waals surface area contributed by atoms with Crippen LogP contribution in [0.3, 0.4) is 0 Å². The summed E-state index contributed by atoms with van der Waals surface area (Å²) < 4.78 is 8.53. The van der Waals surface area contributed by atoms with Crippen molar-refractivity contribution in [1.29, 1.82) is 0 Å². The second-order valence-electron chi connectivity index (χ2n) is 4.53. The van der Waals surface area contributed by atoms with Crippen LogP contribution in [0, 0.1) is 0 Å². The van der Waals surface area contributed by atoms with E-state index < -0.39 is 0 Å². The Morgan fingerprint density at radius 3 is 2.94 bits per heavy atom. The summed E-state index contributed by atoms with van der Waals surface area (Å²) in [6.07, 6.45) is 2.65. The van der Waals surface area contributed by atoms with Gasteiger partial charge in [0, 0.05) is 13.1 Å². The zero-order valence-corrected chi connectivity index (χ0v) is 11.6. The van der Waals surface area contributed by atoms with Gasteiger partial charge in [-0.2, -0.15) is 8.75 Å². The zero-order valence-electron chi connectivity index (χ0n) is 10.0. The molecule has 1 N–H and O–H groups in total. The number of halogens is 1. The summed E-state index contributed by atoms with van der Waals surface area (Å²) in [5, 5.41) is 4.12. The summed E-state index contributed by atoms with van der Waals surface area (Å²) in [7, 11) is 0. The van der Waals surface area contributed by atoms with Crippen molar-refractivity contribution in [3.63, 3.8) is 0 Å². The molecule has 18 heavy (non-hydrogen) atoms. The average Bonchev–Trinajstić information content (AvgIpc) is 3.02. The number of nitrogens with zero attached hydrogens (tertiary/aromatic N) is 3. The molecule has 0 bridgehead atoms. The van der Waals surface area contributed by atoms with Crippen LogP contribution in [-0.4, -0.2) is 39.8 Å². The maximum Gasteiger partial charge on any atom is 0.129 e. The van der Waals surface area contributed by atoms with Crippen molar-refractivity contribution in [3.8, 4) is 0 Å². The summed E-state index contributed by atoms with van der Waals surface area (Å²) in [6, 6.07) is 3.79. The lowest BCUT2D eigenvalue weighted by Crippen LogP contribution is -2.26. The summed E-state index contributed by atoms with van der Waals surface area (Å²) in [4.78, 5) is 2.47. The SMILES string of the molecule is Clc1ccc2nsnc2c1NCCN1CCCC1. The Morgan fingerprint density at radius 2 is 2.11 bits per heavy atom. The third kappa shape index (κ3) is 2.43. The molecule has 0 aliphatic carbocycles. The van der Waals surface area contributed by atoms with Crippen LogP contribution in [0.25, 0.3) is 11.0 Å². The number of hydrogen-bond acceptors (Lipinski definition) is 5. The van der Waals surface area contributed by atoms with E-state index in [4.69, 9.17) is 11.6 Å². The lowest BCUT2D eigenvalue weighted by atomic mass is 10.2. The van der Waals surface area contributed by atoms with Gasteiger partial charge in [-0.25, -0.2) is 0 Å². The Balaban J connectivity index is 1.69. The van der Waals surface area contributed by atoms with Crippen LogP contribution in [0.5, 0.6) is 0 Å². The molecule has 3 rings (SSSR count). The smallest absolute Gasteiger partial charge is 0.129 e. The van der Waals surface area contributed by atoms with Gasteiger partial charge in [-0.3, -0.25) is 0 Å². The van der Waals surface area contributed by atoms with Crippen molar-refractivity contribution in [3.05, 3.63) is 17.2 Å². The maximum absolute atomic E-state index is 6.22. The summed E-state index contributed by atoms with van der Waals surface area (Å²) in [6.45, 7) is 4.40. The highest BCUT2D eigenvalue weighted by molar-refractivity contribution is 7.00. The minimum Gasteiger partial charge on any atom is -0.381 e. The molecule has 0 saturated carbocycles. The molecular weight excluding hydrogens is 268 g/mol. The van der Waals surface area contributed by atoms with E-state index in [1.165, 1.54) is 37.7 Å². The molecule has 0 atom stereocenters. The van der Waals surface area contributed by atoms with Gasteiger partial charge in [0.05, 0.1) is 22.4 Å². The number of benzene rings is 1. The normalized spacial score (nSPS) is 16.5. The predicted molar refractivity (Wildman–Crippen MR) is 76.6 cm³/mol. The van der Waals surface area contributed by atoms with Crippen molar-refractivity contribution >= 4 is 40.0 Å². The molecule has 1 aromatic carbocycles. The topological polar surface area (TPSA) is 41.1 Å². The first kappa shape index (κ1) is 12.1. The molecule has 1 aliphatic rings. The van der Waals surface area contributed by atoms with E-state index in [1.807, 2.05) is 12.1 Å². The third-order valence-electron chi connectivity index (χ3n) is 3.31. The van der Waals surface area contributed by atoms with Crippen LogP contribution >= 0.6 is 23.3 Å². The standard InChI is InChI=1S/C12H15ClN4S/c13-9-3-4-10-12(16-18-15-10)11(9)14-5-8-17-6-1-2-7-17/h3-4,14H,1-2,5-8H2. The molecular formula is C12H15ClN4S. The van der Waals surface area contributed by atoms with Gasteiger partial charge in [-0.1, -0.05) is 11.6 Å². The number of aromatic nitrogens is 2. The summed E-state index contributed by atoms with van der Waals surface area (Å²) in [5.74, 6) is 0. The van der Waals surface area contributed by atoms with Crippen molar-refractivity contribution in [1.82, 2.24) is 13.6 Å². The van der Waals surface area contributed by atoms with Gasteiger partial charge in [0.1, 0.15) is 11.0 Å². The van der Waals surface area contributed by atoms with Gasteiger partial charge in [0.25, 0.3) is 0 Å². The van der Waals surface area contributed by atoms with Crippen molar-refractivity contribution in [2.45, 2.75) is 12.8 Å². The third-order valence-corrected chi connectivity index (χ3v) is 4.16. The number of rotatable bonds is 4. The highest BCUT2D eigenvalue weighted by atomic mass is 35.5. The Morgan fingerprint density at radius 1 is 1.28 bits per heavy atom. The van der Waals surface area contributed by atoms with Crippen LogP contribution in [0.1, 0.15) is 12.8 Å². The predicted octanol–water partition coefficient (Wildman–Crippen LogP) is 2.85. The van der Waals surface area contributed by atoms with Gasteiger partial charge < -0.3 is 10.2 Å². The zero-order chi connectivity index (χ0) is 12.4. The highest BCUT2D eigenvalue weighted by Crippen LogP contribution is 2.29. The molecule has 1 aliphatic heterocycles. The van der Waals surface area contributed by atoms with Crippen LogP contribution < -0.4 is 5.32 Å². The quantitative estimate of drug-likeness (QED) is 0.936. The van der Waals surface area contributed by atoms with Crippen molar-refractivity contribution in [2.24, 2.45) is 0 Å². The Hall–Kier alpha value is -0.910. The van der Waals surface area contributed by atoms with Crippen LogP contribution in [0.4, 0.5) is 5.69 Å². The van der Waals surface area contributed by atoms with Gasteiger partial charge in [0.2, 0.25) is 0 Å². The number of fused-ring (bicyclic) bond motifs is 1. The minimum atomic E-state index is 0.719. The number of likely N-dealkylation sites (tertiary alicyclic amines) is 1. The first-order valence-electron chi connectivity index (χ1n) is 6.21. The minimum absolute atomic E-state index is 0.719. The monoisotopic (exact) mass is 282 g/mol. The van der Waals surface area contributed by atoms with Crippen LogP contribution in [0.2, 0.25) is 5.02 Å². The van der Waals surface area contributed by atoms with E-state index in [0.717, 1.165) is 34.8 Å². The largest absolute Gasteiger partial charge is 0.381 e. The fourth-order valence-corrected chi connectivity index (χ4v) is 3.10. The van der Waals surface area contributed by atoms with Crippen molar-refractivity contribution in [2.75, 3.05) is 31.5 Å². The van der Waals surface area contributed by atoms with E-state index in [2.05, 4.69) is 19.0 Å². The second-order valence-corrected chi connectivity index (χ2v) is 5.47. The van der Waals surface area contributed by atoms with Gasteiger partial charge >= 0.3 is 0 Å². The molecule has 1 saturated heterocycles. The molecule has 0 radical (unpaired) electrons. The lowest BCUT2D eigenvalue weighted by molar-refractivity contribution is 0.353. The molecule has 0 unspecified atom stereocenters. The summed E-state index contributed by atoms with van der Waals surface area (Å²) in [5.41, 5.74) is 2.71. The number of hydrogen-bond donors (Lipinski definition) is 1. The maximum atomic E-state index is 6.22. The van der Waals surface area contributed by atoms with E-state index in [-0.39, 0.29) is 0 Å². The van der Waals surface area contributed by atoms with E-state index in [9.17, 15) is 0 Å². The molecule has 2 aromatic rings. The molecule has 0 amide bonds. The number of anilines is 1. The number of nitrogens with one attached hydrogen (secondary N) is 1. The van der Waals surface area contributed by atoms with Gasteiger partial charge in [-0.15, -0.1) is 0 Å². The van der Waals surface area contributed by atoms with E-state index in [0.29, 0.717) is 0 Å². The molecule has 0 spiro atoms. The van der Waals surface area contributed by atoms with Crippen LogP contribution in [-0.2, 0) is 0 Å².